The lowest BCUT2D eigenvalue weighted by Gasteiger charge is -2.11. The molecular formula is C17H12BrClN4O3. The lowest BCUT2D eigenvalue weighted by molar-refractivity contribution is 0.289. The van der Waals surface area contributed by atoms with E-state index in [1.807, 2.05) is 0 Å². The van der Waals surface area contributed by atoms with Crippen molar-refractivity contribution in [3.8, 4) is 17.2 Å². The molecule has 1 heterocycles. The fourth-order valence-electron chi connectivity index (χ4n) is 2.11. The molecule has 0 aliphatic rings. The van der Waals surface area contributed by atoms with Gasteiger partial charge in [0.05, 0.1) is 11.0 Å². The maximum Gasteiger partial charge on any atom is 0.343 e. The van der Waals surface area contributed by atoms with Crippen LogP contribution in [0.1, 0.15) is 5.82 Å². The third kappa shape index (κ3) is 4.07. The van der Waals surface area contributed by atoms with Gasteiger partial charge in [0.25, 0.3) is 0 Å². The predicted octanol–water partition coefficient (Wildman–Crippen LogP) is 4.45. The largest absolute Gasteiger partial charge is 0.485 e. The number of hydrogen-bond acceptors (Lipinski definition) is 4. The van der Waals surface area contributed by atoms with Gasteiger partial charge in [-0.05, 0) is 46.3 Å². The number of aromatic amines is 1. The molecule has 0 aliphatic carbocycles. The number of ether oxygens (including phenoxy) is 2. The van der Waals surface area contributed by atoms with Gasteiger partial charge in [0, 0.05) is 18.1 Å². The molecule has 9 heteroatoms. The quantitative estimate of drug-likeness (QED) is 0.601. The van der Waals surface area contributed by atoms with E-state index in [1.54, 1.807) is 43.4 Å². The van der Waals surface area contributed by atoms with Crippen molar-refractivity contribution in [2.75, 3.05) is 0 Å². The number of halogens is 2. The summed E-state index contributed by atoms with van der Waals surface area (Å²) in [5.41, 5.74) is 0.0791. The average Bonchev–Trinajstić information content (AvgIpc) is 2.93. The summed E-state index contributed by atoms with van der Waals surface area (Å²) < 4.78 is 13.6. The first-order valence-corrected chi connectivity index (χ1v) is 8.52. The van der Waals surface area contributed by atoms with Gasteiger partial charge in [0.2, 0.25) is 0 Å². The zero-order chi connectivity index (χ0) is 18.7. The standard InChI is InChI=1S/C17H12BrClN4O3/c1-20-11-5-10(19)6-13(7-11)26-15-8-12(3-4-14(15)18)25-9-16-21-22-17(24)23(16)2/h3-8H,9H2,2H3,(H,22,24). The van der Waals surface area contributed by atoms with Gasteiger partial charge in [-0.3, -0.25) is 4.57 Å². The first-order chi connectivity index (χ1) is 12.5. The van der Waals surface area contributed by atoms with Gasteiger partial charge in [0.1, 0.15) is 23.9 Å². The molecule has 0 fully saturated rings. The average molecular weight is 436 g/mol. The maximum atomic E-state index is 11.4. The van der Waals surface area contributed by atoms with E-state index in [9.17, 15) is 4.79 Å². The minimum atomic E-state index is -0.306. The van der Waals surface area contributed by atoms with Gasteiger partial charge in [-0.2, -0.15) is 5.10 Å². The molecule has 3 aromatic rings. The van der Waals surface area contributed by atoms with Gasteiger partial charge >= 0.3 is 5.69 Å². The van der Waals surface area contributed by atoms with Crippen LogP contribution < -0.4 is 15.2 Å². The summed E-state index contributed by atoms with van der Waals surface area (Å²) in [5.74, 6) is 1.94. The fraction of sp³-hybridized carbons (Fsp3) is 0.118. The Bertz CT molecular complexity index is 1050. The summed E-state index contributed by atoms with van der Waals surface area (Å²) in [5, 5.41) is 6.65. The minimum Gasteiger partial charge on any atom is -0.485 e. The van der Waals surface area contributed by atoms with E-state index in [0.717, 1.165) is 0 Å². The first kappa shape index (κ1) is 18.0. The molecule has 0 bridgehead atoms. The highest BCUT2D eigenvalue weighted by Gasteiger charge is 2.09. The molecule has 2 aromatic carbocycles. The lowest BCUT2D eigenvalue weighted by Crippen LogP contribution is -2.15. The van der Waals surface area contributed by atoms with Crippen LogP contribution in [-0.2, 0) is 13.7 Å². The Morgan fingerprint density at radius 2 is 2.12 bits per heavy atom. The molecule has 26 heavy (non-hydrogen) atoms. The van der Waals surface area contributed by atoms with Crippen molar-refractivity contribution in [2.24, 2.45) is 7.05 Å². The molecule has 0 saturated carbocycles. The normalized spacial score (nSPS) is 10.4. The number of benzene rings is 2. The molecule has 3 rings (SSSR count). The summed E-state index contributed by atoms with van der Waals surface area (Å²) in [6.07, 6.45) is 0. The molecule has 0 unspecified atom stereocenters. The highest BCUT2D eigenvalue weighted by atomic mass is 79.9. The smallest absolute Gasteiger partial charge is 0.343 e. The van der Waals surface area contributed by atoms with Gasteiger partial charge in [-0.1, -0.05) is 11.6 Å². The topological polar surface area (TPSA) is 73.5 Å². The van der Waals surface area contributed by atoms with Crippen molar-refractivity contribution >= 4 is 33.2 Å². The number of H-pyrrole nitrogens is 1. The molecule has 1 N–H and O–H groups in total. The van der Waals surface area contributed by atoms with Crippen molar-refractivity contribution in [2.45, 2.75) is 6.61 Å². The lowest BCUT2D eigenvalue weighted by atomic mass is 10.3. The Kier molecular flexibility index (Phi) is 5.30. The zero-order valence-corrected chi connectivity index (χ0v) is 15.8. The number of aromatic nitrogens is 3. The van der Waals surface area contributed by atoms with Crippen LogP contribution in [0.2, 0.25) is 5.02 Å². The van der Waals surface area contributed by atoms with Crippen molar-refractivity contribution in [3.05, 3.63) is 73.6 Å². The van der Waals surface area contributed by atoms with Crippen molar-refractivity contribution in [1.29, 1.82) is 0 Å². The molecule has 0 aliphatic heterocycles. The van der Waals surface area contributed by atoms with Crippen LogP contribution in [0.5, 0.6) is 17.2 Å². The molecule has 0 atom stereocenters. The zero-order valence-electron chi connectivity index (χ0n) is 13.5. The van der Waals surface area contributed by atoms with E-state index in [4.69, 9.17) is 27.6 Å². The SMILES string of the molecule is [C-]#[N+]c1cc(Cl)cc(Oc2cc(OCc3n[nH]c(=O)n3C)ccc2Br)c1. The number of nitrogens with one attached hydrogen (secondary N) is 1. The maximum absolute atomic E-state index is 11.4. The van der Waals surface area contributed by atoms with E-state index in [2.05, 4.69) is 31.0 Å². The Hall–Kier alpha value is -2.76. The second-order valence-corrected chi connectivity index (χ2v) is 6.53. The van der Waals surface area contributed by atoms with Gasteiger partial charge in [-0.25, -0.2) is 14.7 Å². The fourth-order valence-corrected chi connectivity index (χ4v) is 2.65. The molecule has 132 valence electrons. The van der Waals surface area contributed by atoms with Crippen LogP contribution in [0.3, 0.4) is 0 Å². The third-order valence-corrected chi connectivity index (χ3v) is 4.33. The van der Waals surface area contributed by atoms with Crippen LogP contribution in [0.25, 0.3) is 4.85 Å². The summed E-state index contributed by atoms with van der Waals surface area (Å²) >= 11 is 9.42. The van der Waals surface area contributed by atoms with Crippen molar-refractivity contribution in [3.63, 3.8) is 0 Å². The van der Waals surface area contributed by atoms with Crippen molar-refractivity contribution < 1.29 is 9.47 Å². The van der Waals surface area contributed by atoms with Crippen LogP contribution in [0.15, 0.2) is 45.7 Å². The molecule has 0 radical (unpaired) electrons. The van der Waals surface area contributed by atoms with E-state index in [1.165, 1.54) is 4.57 Å². The summed E-state index contributed by atoms with van der Waals surface area (Å²) in [7, 11) is 1.61. The number of hydrogen-bond donors (Lipinski definition) is 1. The van der Waals surface area contributed by atoms with E-state index >= 15 is 0 Å². The summed E-state index contributed by atoms with van der Waals surface area (Å²) in [4.78, 5) is 14.7. The highest BCUT2D eigenvalue weighted by molar-refractivity contribution is 9.10. The van der Waals surface area contributed by atoms with Crippen LogP contribution in [0, 0.1) is 6.57 Å². The first-order valence-electron chi connectivity index (χ1n) is 7.35. The second-order valence-electron chi connectivity index (χ2n) is 5.24. The Morgan fingerprint density at radius 1 is 1.31 bits per heavy atom. The minimum absolute atomic E-state index is 0.120. The number of nitrogens with zero attached hydrogens (tertiary/aromatic N) is 3. The molecule has 0 saturated heterocycles. The van der Waals surface area contributed by atoms with Gasteiger partial charge < -0.3 is 9.47 Å². The molecular weight excluding hydrogens is 424 g/mol. The molecule has 0 spiro atoms. The monoisotopic (exact) mass is 434 g/mol. The highest BCUT2D eigenvalue weighted by Crippen LogP contribution is 2.35. The summed E-state index contributed by atoms with van der Waals surface area (Å²) in [6.45, 7) is 7.22. The Balaban J connectivity index is 1.79. The van der Waals surface area contributed by atoms with Crippen molar-refractivity contribution in [1.82, 2.24) is 14.8 Å². The second kappa shape index (κ2) is 7.64. The predicted molar refractivity (Wildman–Crippen MR) is 100 cm³/mol. The molecule has 1 aromatic heterocycles. The van der Waals surface area contributed by atoms with Gasteiger partial charge in [-0.15, -0.1) is 0 Å². The van der Waals surface area contributed by atoms with Crippen LogP contribution >= 0.6 is 27.5 Å². The molecule has 0 amide bonds. The van der Waals surface area contributed by atoms with Crippen LogP contribution in [0.4, 0.5) is 5.69 Å². The molecule has 7 nitrogen and oxygen atoms in total. The Labute approximate surface area is 162 Å². The number of rotatable bonds is 5. The van der Waals surface area contributed by atoms with Crippen LogP contribution in [-0.4, -0.2) is 14.8 Å². The van der Waals surface area contributed by atoms with E-state index < -0.39 is 0 Å². The Morgan fingerprint density at radius 3 is 2.81 bits per heavy atom. The third-order valence-electron chi connectivity index (χ3n) is 3.46. The van der Waals surface area contributed by atoms with Gasteiger partial charge in [0.15, 0.2) is 11.5 Å². The van der Waals surface area contributed by atoms with E-state index in [-0.39, 0.29) is 12.3 Å². The summed E-state index contributed by atoms with van der Waals surface area (Å²) in [6, 6.07) is 9.99. The van der Waals surface area contributed by atoms with E-state index in [0.29, 0.717) is 38.3 Å².